The van der Waals surface area contributed by atoms with Crippen molar-refractivity contribution in [2.24, 2.45) is 0 Å². The molecule has 0 bridgehead atoms. The number of aliphatic hydroxyl groups excluding tert-OH is 1. The molecule has 0 saturated carbocycles. The first-order valence-electron chi connectivity index (χ1n) is 8.18. The van der Waals surface area contributed by atoms with Gasteiger partial charge in [-0.15, -0.1) is 0 Å². The second-order valence-electron chi connectivity index (χ2n) is 6.06. The zero-order chi connectivity index (χ0) is 16.2. The normalized spacial score (nSPS) is 14.3. The summed E-state index contributed by atoms with van der Waals surface area (Å²) in [7, 11) is 2.04. The second kappa shape index (κ2) is 6.99. The number of hydrogen-bond donors (Lipinski definition) is 1. The molecule has 120 valence electrons. The molecular formula is C20H24N2O. The van der Waals surface area contributed by atoms with E-state index in [0.29, 0.717) is 6.54 Å². The predicted molar refractivity (Wildman–Crippen MR) is 95.7 cm³/mol. The Balaban J connectivity index is 2.05. The van der Waals surface area contributed by atoms with Gasteiger partial charge in [-0.3, -0.25) is 0 Å². The first kappa shape index (κ1) is 15.8. The van der Waals surface area contributed by atoms with Gasteiger partial charge in [-0.25, -0.2) is 0 Å². The van der Waals surface area contributed by atoms with Gasteiger partial charge in [-0.1, -0.05) is 55.5 Å². The molecule has 2 atom stereocenters. The van der Waals surface area contributed by atoms with Gasteiger partial charge < -0.3 is 14.6 Å². The molecule has 3 nitrogen and oxygen atoms in total. The van der Waals surface area contributed by atoms with Gasteiger partial charge in [-0.05, 0) is 36.7 Å². The number of aromatic nitrogens is 1. The number of para-hydroxylation sites is 1. The summed E-state index contributed by atoms with van der Waals surface area (Å²) in [5.74, 6) is 0. The quantitative estimate of drug-likeness (QED) is 0.754. The highest BCUT2D eigenvalue weighted by Gasteiger charge is 2.24. The van der Waals surface area contributed by atoms with Crippen LogP contribution in [0.1, 0.15) is 18.5 Å². The van der Waals surface area contributed by atoms with Gasteiger partial charge in [0.05, 0.1) is 12.1 Å². The maximum absolute atomic E-state index is 10.9. The summed E-state index contributed by atoms with van der Waals surface area (Å²) < 4.78 is 2.19. The highest BCUT2D eigenvalue weighted by molar-refractivity contribution is 5.80. The van der Waals surface area contributed by atoms with Crippen molar-refractivity contribution in [2.75, 3.05) is 20.1 Å². The third-order valence-corrected chi connectivity index (χ3v) is 4.47. The Labute approximate surface area is 137 Å². The van der Waals surface area contributed by atoms with Crippen molar-refractivity contribution >= 4 is 10.9 Å². The lowest BCUT2D eigenvalue weighted by Gasteiger charge is -2.29. The highest BCUT2D eigenvalue weighted by atomic mass is 16.3. The van der Waals surface area contributed by atoms with Gasteiger partial charge >= 0.3 is 0 Å². The van der Waals surface area contributed by atoms with Crippen LogP contribution in [0.4, 0.5) is 0 Å². The van der Waals surface area contributed by atoms with Gasteiger partial charge in [0, 0.05) is 18.3 Å². The number of nitrogens with zero attached hydrogens (tertiary/aromatic N) is 2. The maximum Gasteiger partial charge on any atom is 0.0915 e. The summed E-state index contributed by atoms with van der Waals surface area (Å²) in [6.45, 7) is 3.67. The standard InChI is InChI=1S/C20H24N2O/c1-3-21(2)15-19(23)20(17-10-5-4-6-11-17)22-14-13-16-9-7-8-12-18(16)22/h4-14,19-20,23H,3,15H2,1-2H3/t19-,20-/m0/s1. The topological polar surface area (TPSA) is 28.4 Å². The third kappa shape index (κ3) is 3.31. The Kier molecular flexibility index (Phi) is 4.79. The Morgan fingerprint density at radius 3 is 2.43 bits per heavy atom. The molecule has 23 heavy (non-hydrogen) atoms. The van der Waals surface area contributed by atoms with E-state index in [1.165, 1.54) is 5.39 Å². The Morgan fingerprint density at radius 2 is 1.70 bits per heavy atom. The summed E-state index contributed by atoms with van der Waals surface area (Å²) in [6.07, 6.45) is 1.61. The lowest BCUT2D eigenvalue weighted by atomic mass is 10.0. The summed E-state index contributed by atoms with van der Waals surface area (Å²) in [5, 5.41) is 12.1. The molecule has 3 aromatic rings. The molecule has 0 aliphatic heterocycles. The fourth-order valence-electron chi connectivity index (χ4n) is 3.11. The second-order valence-corrected chi connectivity index (χ2v) is 6.06. The molecule has 0 fully saturated rings. The molecule has 0 aliphatic rings. The van der Waals surface area contributed by atoms with E-state index < -0.39 is 6.10 Å². The van der Waals surface area contributed by atoms with Crippen molar-refractivity contribution < 1.29 is 5.11 Å². The molecule has 0 unspecified atom stereocenters. The Hall–Kier alpha value is -2.10. The van der Waals surface area contributed by atoms with Crippen LogP contribution in [0.3, 0.4) is 0 Å². The lowest BCUT2D eigenvalue weighted by molar-refractivity contribution is 0.0940. The Bertz CT molecular complexity index is 750. The van der Waals surface area contributed by atoms with Crippen LogP contribution in [0.5, 0.6) is 0 Å². The predicted octanol–water partition coefficient (Wildman–Crippen LogP) is 3.54. The minimum Gasteiger partial charge on any atom is -0.389 e. The number of likely N-dealkylation sites (N-methyl/N-ethyl adjacent to an activating group) is 1. The van der Waals surface area contributed by atoms with Crippen LogP contribution in [0.25, 0.3) is 10.9 Å². The van der Waals surface area contributed by atoms with E-state index >= 15 is 0 Å². The third-order valence-electron chi connectivity index (χ3n) is 4.47. The summed E-state index contributed by atoms with van der Waals surface area (Å²) >= 11 is 0. The van der Waals surface area contributed by atoms with Crippen molar-refractivity contribution in [3.8, 4) is 0 Å². The SMILES string of the molecule is CCN(C)C[C@H](O)[C@H](c1ccccc1)n1ccc2ccccc21. The molecule has 0 spiro atoms. The van der Waals surface area contributed by atoms with Crippen LogP contribution in [0.2, 0.25) is 0 Å². The van der Waals surface area contributed by atoms with Gasteiger partial charge in [0.1, 0.15) is 0 Å². The van der Waals surface area contributed by atoms with E-state index in [1.807, 2.05) is 37.4 Å². The molecule has 0 aliphatic carbocycles. The average Bonchev–Trinajstić information content (AvgIpc) is 3.00. The van der Waals surface area contributed by atoms with Gasteiger partial charge in [0.2, 0.25) is 0 Å². The van der Waals surface area contributed by atoms with Gasteiger partial charge in [-0.2, -0.15) is 0 Å². The molecule has 1 aromatic heterocycles. The van der Waals surface area contributed by atoms with Gasteiger partial charge in [0.15, 0.2) is 0 Å². The average molecular weight is 308 g/mol. The van der Waals surface area contributed by atoms with E-state index in [9.17, 15) is 5.11 Å². The highest BCUT2D eigenvalue weighted by Crippen LogP contribution is 2.28. The molecule has 0 amide bonds. The molecule has 1 N–H and O–H groups in total. The van der Waals surface area contributed by atoms with Crippen LogP contribution in [0.15, 0.2) is 66.9 Å². The molecule has 3 heteroatoms. The molecule has 1 heterocycles. The van der Waals surface area contributed by atoms with Crippen LogP contribution >= 0.6 is 0 Å². The summed E-state index contributed by atoms with van der Waals surface area (Å²) in [4.78, 5) is 2.15. The monoisotopic (exact) mass is 308 g/mol. The largest absolute Gasteiger partial charge is 0.389 e. The number of hydrogen-bond acceptors (Lipinski definition) is 2. The van der Waals surface area contributed by atoms with E-state index in [-0.39, 0.29) is 6.04 Å². The van der Waals surface area contributed by atoms with E-state index in [1.54, 1.807) is 0 Å². The van der Waals surface area contributed by atoms with Crippen molar-refractivity contribution in [3.05, 3.63) is 72.4 Å². The van der Waals surface area contributed by atoms with E-state index in [2.05, 4.69) is 52.9 Å². The van der Waals surface area contributed by atoms with E-state index in [0.717, 1.165) is 17.6 Å². The first-order valence-corrected chi connectivity index (χ1v) is 8.18. The molecule has 0 radical (unpaired) electrons. The Morgan fingerprint density at radius 1 is 1.00 bits per heavy atom. The van der Waals surface area contributed by atoms with Crippen molar-refractivity contribution in [2.45, 2.75) is 19.1 Å². The minimum absolute atomic E-state index is 0.0925. The fourth-order valence-corrected chi connectivity index (χ4v) is 3.11. The number of benzene rings is 2. The van der Waals surface area contributed by atoms with E-state index in [4.69, 9.17) is 0 Å². The van der Waals surface area contributed by atoms with Gasteiger partial charge in [0.25, 0.3) is 0 Å². The molecule has 3 rings (SSSR count). The van der Waals surface area contributed by atoms with Crippen molar-refractivity contribution in [1.29, 1.82) is 0 Å². The van der Waals surface area contributed by atoms with Crippen LogP contribution < -0.4 is 0 Å². The number of aliphatic hydroxyl groups is 1. The smallest absolute Gasteiger partial charge is 0.0915 e. The molecule has 2 aromatic carbocycles. The van der Waals surface area contributed by atoms with Crippen LogP contribution in [0, 0.1) is 0 Å². The zero-order valence-electron chi connectivity index (χ0n) is 13.8. The summed E-state index contributed by atoms with van der Waals surface area (Å²) in [6, 6.07) is 20.6. The van der Waals surface area contributed by atoms with Crippen LogP contribution in [-0.4, -0.2) is 40.8 Å². The lowest BCUT2D eigenvalue weighted by Crippen LogP contribution is -2.36. The first-order chi connectivity index (χ1) is 11.2. The minimum atomic E-state index is -0.474. The van der Waals surface area contributed by atoms with Crippen LogP contribution in [-0.2, 0) is 0 Å². The number of rotatable bonds is 6. The fraction of sp³-hybridized carbons (Fsp3) is 0.300. The summed E-state index contributed by atoms with van der Waals surface area (Å²) in [5.41, 5.74) is 2.28. The van der Waals surface area contributed by atoms with Crippen molar-refractivity contribution in [3.63, 3.8) is 0 Å². The molecular weight excluding hydrogens is 284 g/mol. The maximum atomic E-state index is 10.9. The number of fused-ring (bicyclic) bond motifs is 1. The van der Waals surface area contributed by atoms with Crippen molar-refractivity contribution in [1.82, 2.24) is 9.47 Å². The molecule has 0 saturated heterocycles. The zero-order valence-corrected chi connectivity index (χ0v) is 13.8.